The van der Waals surface area contributed by atoms with E-state index in [1.54, 1.807) is 28.5 Å². The zero-order valence-electron chi connectivity index (χ0n) is 17.8. The lowest BCUT2D eigenvalue weighted by atomic mass is 10.0. The fourth-order valence-corrected chi connectivity index (χ4v) is 4.55. The summed E-state index contributed by atoms with van der Waals surface area (Å²) < 4.78 is 5.24. The Balaban J connectivity index is 1.54. The van der Waals surface area contributed by atoms with E-state index in [1.165, 1.54) is 0 Å². The van der Waals surface area contributed by atoms with Crippen molar-refractivity contribution >= 4 is 40.8 Å². The van der Waals surface area contributed by atoms with E-state index in [1.807, 2.05) is 31.2 Å². The molecule has 3 aromatic rings. The number of halogens is 1. The van der Waals surface area contributed by atoms with Gasteiger partial charge in [-0.3, -0.25) is 4.90 Å². The molecule has 0 spiro atoms. The summed E-state index contributed by atoms with van der Waals surface area (Å²) in [6.45, 7) is 8.56. The van der Waals surface area contributed by atoms with Crippen LogP contribution in [0.1, 0.15) is 36.7 Å². The molecule has 2 atom stereocenters. The van der Waals surface area contributed by atoms with Crippen LogP contribution in [0.3, 0.4) is 0 Å². The lowest BCUT2D eigenvalue weighted by Gasteiger charge is -2.23. The summed E-state index contributed by atoms with van der Waals surface area (Å²) in [5, 5.41) is 4.94. The predicted molar refractivity (Wildman–Crippen MR) is 124 cm³/mol. The zero-order chi connectivity index (χ0) is 22.1. The van der Waals surface area contributed by atoms with Crippen molar-refractivity contribution in [3.8, 4) is 11.3 Å². The van der Waals surface area contributed by atoms with Crippen molar-refractivity contribution in [3.63, 3.8) is 0 Å². The van der Waals surface area contributed by atoms with Crippen LogP contribution >= 0.6 is 22.9 Å². The molecular weight excluding hydrogens is 434 g/mol. The SMILES string of the molecule is Cc1sc(C(C)Nc2nccc(N3C(=O)OCC3C(C)C)n2)nc1-c1ccc(Cl)cc1. The average Bonchev–Trinajstić information content (AvgIpc) is 3.32. The minimum atomic E-state index is -0.375. The summed E-state index contributed by atoms with van der Waals surface area (Å²) in [7, 11) is 0. The molecule has 1 saturated heterocycles. The molecule has 4 rings (SSSR count). The largest absolute Gasteiger partial charge is 0.447 e. The molecule has 3 heterocycles. The van der Waals surface area contributed by atoms with Gasteiger partial charge in [-0.2, -0.15) is 4.98 Å². The van der Waals surface area contributed by atoms with Gasteiger partial charge in [-0.25, -0.2) is 14.8 Å². The summed E-state index contributed by atoms with van der Waals surface area (Å²) in [6.07, 6.45) is 1.27. The lowest BCUT2D eigenvalue weighted by Crippen LogP contribution is -2.37. The number of nitrogens with one attached hydrogen (secondary N) is 1. The van der Waals surface area contributed by atoms with Crippen LogP contribution in [0.2, 0.25) is 5.02 Å². The number of anilines is 2. The number of carbonyl (C=O) groups excluding carboxylic acids is 1. The van der Waals surface area contributed by atoms with E-state index >= 15 is 0 Å². The molecule has 31 heavy (non-hydrogen) atoms. The summed E-state index contributed by atoms with van der Waals surface area (Å²) in [6, 6.07) is 9.25. The van der Waals surface area contributed by atoms with E-state index in [-0.39, 0.29) is 24.1 Å². The number of ether oxygens (including phenoxy) is 1. The van der Waals surface area contributed by atoms with Crippen LogP contribution in [0.15, 0.2) is 36.5 Å². The number of nitrogens with zero attached hydrogens (tertiary/aromatic N) is 4. The first-order valence-electron chi connectivity index (χ1n) is 10.1. The van der Waals surface area contributed by atoms with E-state index in [9.17, 15) is 4.79 Å². The van der Waals surface area contributed by atoms with Gasteiger partial charge in [0.2, 0.25) is 5.95 Å². The summed E-state index contributed by atoms with van der Waals surface area (Å²) >= 11 is 7.63. The van der Waals surface area contributed by atoms with Crippen molar-refractivity contribution < 1.29 is 9.53 Å². The highest BCUT2D eigenvalue weighted by Crippen LogP contribution is 2.32. The van der Waals surface area contributed by atoms with E-state index in [4.69, 9.17) is 21.3 Å². The third-order valence-corrected chi connectivity index (χ3v) is 6.62. The predicted octanol–water partition coefficient (Wildman–Crippen LogP) is 5.72. The Kier molecular flexibility index (Phi) is 6.11. The van der Waals surface area contributed by atoms with Crippen molar-refractivity contribution in [2.45, 2.75) is 39.8 Å². The molecule has 1 aliphatic rings. The molecule has 0 radical (unpaired) electrons. The Morgan fingerprint density at radius 3 is 2.65 bits per heavy atom. The van der Waals surface area contributed by atoms with Gasteiger partial charge in [-0.15, -0.1) is 11.3 Å². The smallest absolute Gasteiger partial charge is 0.415 e. The van der Waals surface area contributed by atoms with E-state index in [0.29, 0.717) is 23.4 Å². The molecule has 1 amide bonds. The van der Waals surface area contributed by atoms with E-state index in [2.05, 4.69) is 36.1 Å². The topological polar surface area (TPSA) is 80.2 Å². The number of benzene rings is 1. The van der Waals surface area contributed by atoms with Crippen LogP contribution in [-0.4, -0.2) is 33.7 Å². The van der Waals surface area contributed by atoms with Crippen molar-refractivity contribution in [3.05, 3.63) is 51.4 Å². The first kappa shape index (κ1) is 21.5. The fraction of sp³-hybridized carbons (Fsp3) is 0.364. The standard InChI is InChI=1S/C22H24ClN5O2S/c1-12(2)17-11-30-22(29)28(17)18-9-10-24-21(26-18)25-13(3)20-27-19(14(4)31-20)15-5-7-16(23)8-6-15/h5-10,12-13,17H,11H2,1-4H3,(H,24,25,26). The molecule has 7 nitrogen and oxygen atoms in total. The van der Waals surface area contributed by atoms with Gasteiger partial charge in [-0.05, 0) is 38.0 Å². The summed E-state index contributed by atoms with van der Waals surface area (Å²) in [5.74, 6) is 1.22. The number of aromatic nitrogens is 3. The first-order valence-corrected chi connectivity index (χ1v) is 11.3. The van der Waals surface area contributed by atoms with Crippen molar-refractivity contribution in [2.75, 3.05) is 16.8 Å². The molecule has 0 saturated carbocycles. The maximum Gasteiger partial charge on any atom is 0.415 e. The van der Waals surface area contributed by atoms with Crippen LogP contribution in [0.5, 0.6) is 0 Å². The molecular formula is C22H24ClN5O2S. The fourth-order valence-electron chi connectivity index (χ4n) is 3.48. The number of amides is 1. The van der Waals surface area contributed by atoms with Gasteiger partial charge in [0.25, 0.3) is 0 Å². The highest BCUT2D eigenvalue weighted by Gasteiger charge is 2.37. The Bertz CT molecular complexity index is 1090. The van der Waals surface area contributed by atoms with Gasteiger partial charge in [0, 0.05) is 21.7 Å². The van der Waals surface area contributed by atoms with Crippen LogP contribution in [0, 0.1) is 12.8 Å². The quantitative estimate of drug-likeness (QED) is 0.510. The Labute approximate surface area is 190 Å². The van der Waals surface area contributed by atoms with Gasteiger partial charge in [0.1, 0.15) is 17.4 Å². The Morgan fingerprint density at radius 1 is 1.19 bits per heavy atom. The van der Waals surface area contributed by atoms with E-state index < -0.39 is 0 Å². The summed E-state index contributed by atoms with van der Waals surface area (Å²) in [4.78, 5) is 28.7. The third kappa shape index (κ3) is 4.50. The normalized spacial score (nSPS) is 17.2. The molecule has 1 fully saturated rings. The number of cyclic esters (lactones) is 1. The van der Waals surface area contributed by atoms with Crippen molar-refractivity contribution in [2.24, 2.45) is 5.92 Å². The van der Waals surface area contributed by atoms with Gasteiger partial charge in [0.05, 0.1) is 17.8 Å². The molecule has 0 aliphatic carbocycles. The molecule has 0 bridgehead atoms. The number of hydrogen-bond donors (Lipinski definition) is 1. The highest BCUT2D eigenvalue weighted by molar-refractivity contribution is 7.12. The van der Waals surface area contributed by atoms with Gasteiger partial charge < -0.3 is 10.1 Å². The molecule has 2 aromatic heterocycles. The maximum absolute atomic E-state index is 12.2. The van der Waals surface area contributed by atoms with Crippen molar-refractivity contribution in [1.29, 1.82) is 0 Å². The lowest BCUT2D eigenvalue weighted by molar-refractivity contribution is 0.177. The maximum atomic E-state index is 12.2. The second kappa shape index (κ2) is 8.80. The number of hydrogen-bond acceptors (Lipinski definition) is 7. The average molecular weight is 458 g/mol. The minimum Gasteiger partial charge on any atom is -0.447 e. The Morgan fingerprint density at radius 2 is 1.94 bits per heavy atom. The molecule has 1 aromatic carbocycles. The van der Waals surface area contributed by atoms with Crippen LogP contribution in [-0.2, 0) is 4.74 Å². The van der Waals surface area contributed by atoms with Gasteiger partial charge in [-0.1, -0.05) is 37.6 Å². The van der Waals surface area contributed by atoms with Gasteiger partial charge in [0.15, 0.2) is 0 Å². The van der Waals surface area contributed by atoms with Crippen LogP contribution in [0.25, 0.3) is 11.3 Å². The number of thiazole rings is 1. The molecule has 162 valence electrons. The van der Waals surface area contributed by atoms with Crippen LogP contribution in [0.4, 0.5) is 16.6 Å². The number of rotatable bonds is 6. The highest BCUT2D eigenvalue weighted by atomic mass is 35.5. The number of carbonyl (C=O) groups is 1. The van der Waals surface area contributed by atoms with Crippen LogP contribution < -0.4 is 10.2 Å². The third-order valence-electron chi connectivity index (χ3n) is 5.21. The second-order valence-corrected chi connectivity index (χ2v) is 9.50. The minimum absolute atomic E-state index is 0.0452. The van der Waals surface area contributed by atoms with E-state index in [0.717, 1.165) is 21.1 Å². The molecule has 2 unspecified atom stereocenters. The van der Waals surface area contributed by atoms with Crippen molar-refractivity contribution in [1.82, 2.24) is 15.0 Å². The van der Waals surface area contributed by atoms with Gasteiger partial charge >= 0.3 is 6.09 Å². The zero-order valence-corrected chi connectivity index (χ0v) is 19.4. The number of aryl methyl sites for hydroxylation is 1. The molecule has 9 heteroatoms. The monoisotopic (exact) mass is 457 g/mol. The molecule has 1 N–H and O–H groups in total. The second-order valence-electron chi connectivity index (χ2n) is 7.83. The first-order chi connectivity index (χ1) is 14.8. The molecule has 1 aliphatic heterocycles. The summed E-state index contributed by atoms with van der Waals surface area (Å²) in [5.41, 5.74) is 1.97. The Hall–Kier alpha value is -2.71.